The Morgan fingerprint density at radius 2 is 1.54 bits per heavy atom. The predicted molar refractivity (Wildman–Crippen MR) is 264 cm³/mol. The maximum Gasteiger partial charge on any atom is 0.310 e. The Morgan fingerprint density at radius 1 is 0.754 bits per heavy atom. The Hall–Kier alpha value is -6.82. The summed E-state index contributed by atoms with van der Waals surface area (Å²) in [4.78, 5) is 27.8. The highest BCUT2D eigenvalue weighted by Crippen LogP contribution is 2.64. The van der Waals surface area contributed by atoms with Gasteiger partial charge >= 0.3 is 11.9 Å². The molecule has 9 rings (SSSR count). The molecule has 11 heteroatoms. The summed E-state index contributed by atoms with van der Waals surface area (Å²) in [6.07, 6.45) is 6.21. The number of phenols is 3. The highest BCUT2D eigenvalue weighted by molar-refractivity contribution is 5.98. The first-order valence-electron chi connectivity index (χ1n) is 23.9. The van der Waals surface area contributed by atoms with Crippen LogP contribution >= 0.6 is 0 Å². The Balaban J connectivity index is 1.15. The van der Waals surface area contributed by atoms with Crippen molar-refractivity contribution in [2.45, 2.75) is 82.3 Å². The van der Waals surface area contributed by atoms with E-state index < -0.39 is 41.4 Å². The van der Waals surface area contributed by atoms with Crippen LogP contribution in [0.3, 0.4) is 0 Å². The van der Waals surface area contributed by atoms with Gasteiger partial charge in [-0.2, -0.15) is 0 Å². The topological polar surface area (TPSA) is 172 Å². The van der Waals surface area contributed by atoms with E-state index >= 15 is 0 Å². The molecule has 6 aromatic rings. The molecule has 3 aliphatic rings. The van der Waals surface area contributed by atoms with Crippen LogP contribution in [0, 0.1) is 17.3 Å². The van der Waals surface area contributed by atoms with Gasteiger partial charge in [0, 0.05) is 37.2 Å². The third kappa shape index (κ3) is 9.37. The number of carbonyl (C=O) groups excluding carboxylic acids is 2. The van der Waals surface area contributed by atoms with Gasteiger partial charge in [0.25, 0.3) is 0 Å². The predicted octanol–water partition coefficient (Wildman–Crippen LogP) is 9.74. The first-order valence-corrected chi connectivity index (χ1v) is 23.9. The number of methoxy groups -OCH3 is 2. The molecule has 11 nitrogen and oxygen atoms in total. The quantitative estimate of drug-likeness (QED) is 0.0699. The van der Waals surface area contributed by atoms with Crippen molar-refractivity contribution in [1.29, 1.82) is 0 Å². The molecule has 7 atom stereocenters. The van der Waals surface area contributed by atoms with Crippen LogP contribution < -0.4 is 9.47 Å². The summed E-state index contributed by atoms with van der Waals surface area (Å²) in [6.45, 7) is 1.20. The lowest BCUT2D eigenvalue weighted by Crippen LogP contribution is -2.56. The number of fused-ring (bicyclic) bond motifs is 7. The fourth-order valence-electron chi connectivity index (χ4n) is 12.2. The van der Waals surface area contributed by atoms with Gasteiger partial charge in [-0.3, -0.25) is 9.59 Å². The van der Waals surface area contributed by atoms with Crippen LogP contribution in [0.15, 0.2) is 115 Å². The highest BCUT2D eigenvalue weighted by Gasteiger charge is 2.60. The van der Waals surface area contributed by atoms with Gasteiger partial charge in [-0.1, -0.05) is 78.9 Å². The van der Waals surface area contributed by atoms with E-state index in [0.29, 0.717) is 50.0 Å². The molecule has 3 aliphatic carbocycles. The van der Waals surface area contributed by atoms with Crippen LogP contribution in [0.1, 0.15) is 83.4 Å². The lowest BCUT2D eigenvalue weighted by atomic mass is 9.46. The van der Waals surface area contributed by atoms with Crippen molar-refractivity contribution in [2.24, 2.45) is 17.3 Å². The molecule has 6 aromatic carbocycles. The minimum atomic E-state index is -0.892. The third-order valence-electron chi connectivity index (χ3n) is 15.0. The molecule has 5 N–H and O–H groups in total. The summed E-state index contributed by atoms with van der Waals surface area (Å²) in [6, 6.07) is 34.3. The number of allylic oxidation sites excluding steroid dienone is 1. The number of carbonyl (C=O) groups is 2. The number of aryl methyl sites for hydroxylation is 2. The van der Waals surface area contributed by atoms with E-state index in [2.05, 4.69) is 18.2 Å². The van der Waals surface area contributed by atoms with E-state index in [9.17, 15) is 35.1 Å². The number of aromatic hydroxyl groups is 3. The minimum absolute atomic E-state index is 0.0300. The molecule has 1 saturated carbocycles. The molecule has 0 saturated heterocycles. The van der Waals surface area contributed by atoms with Crippen LogP contribution in [0.2, 0.25) is 0 Å². The molecule has 0 aliphatic heterocycles. The van der Waals surface area contributed by atoms with E-state index in [1.807, 2.05) is 78.9 Å². The molecule has 69 heavy (non-hydrogen) atoms. The molecule has 7 unspecified atom stereocenters. The highest BCUT2D eigenvalue weighted by atomic mass is 16.6. The number of aliphatic hydroxyl groups is 2. The smallest absolute Gasteiger partial charge is 0.310 e. The second kappa shape index (κ2) is 20.0. The fraction of sp³-hybridized carbons (Fsp3) is 0.345. The number of aliphatic hydroxyl groups excluding tert-OH is 2. The van der Waals surface area contributed by atoms with Crippen molar-refractivity contribution in [3.05, 3.63) is 154 Å². The van der Waals surface area contributed by atoms with Crippen molar-refractivity contribution in [2.75, 3.05) is 27.4 Å². The van der Waals surface area contributed by atoms with Crippen LogP contribution in [-0.2, 0) is 44.7 Å². The molecule has 0 spiro atoms. The number of esters is 2. The summed E-state index contributed by atoms with van der Waals surface area (Å²) >= 11 is 0. The summed E-state index contributed by atoms with van der Waals surface area (Å²) in [5.74, 6) is -1.78. The van der Waals surface area contributed by atoms with Crippen molar-refractivity contribution >= 4 is 28.8 Å². The van der Waals surface area contributed by atoms with Gasteiger partial charge in [0.1, 0.15) is 18.0 Å². The zero-order valence-corrected chi connectivity index (χ0v) is 39.3. The lowest BCUT2D eigenvalue weighted by Gasteiger charge is -2.59. The monoisotopic (exact) mass is 932 g/mol. The molecule has 0 aromatic heterocycles. The molecule has 0 amide bonds. The summed E-state index contributed by atoms with van der Waals surface area (Å²) in [7, 11) is 3.01. The Morgan fingerprint density at radius 3 is 2.29 bits per heavy atom. The number of hydrogen-bond donors (Lipinski definition) is 5. The zero-order valence-electron chi connectivity index (χ0n) is 39.3. The molecule has 0 heterocycles. The van der Waals surface area contributed by atoms with Crippen molar-refractivity contribution in [3.8, 4) is 39.9 Å². The maximum atomic E-state index is 14.5. The van der Waals surface area contributed by atoms with E-state index in [1.54, 1.807) is 24.3 Å². The Kier molecular flexibility index (Phi) is 13.7. The van der Waals surface area contributed by atoms with Crippen LogP contribution in [0.25, 0.3) is 28.0 Å². The van der Waals surface area contributed by atoms with Crippen molar-refractivity contribution in [3.63, 3.8) is 0 Å². The van der Waals surface area contributed by atoms with E-state index in [4.69, 9.17) is 18.9 Å². The van der Waals surface area contributed by atoms with Gasteiger partial charge in [-0.15, -0.1) is 0 Å². The normalized spacial score (nSPS) is 22.9. The molecular formula is C58H60O11. The number of benzene rings is 6. The average Bonchev–Trinajstić information content (AvgIpc) is 3.34. The van der Waals surface area contributed by atoms with Crippen LogP contribution in [0.4, 0.5) is 0 Å². The standard InChI is InChI=1S/C58H60O11/c1-34(61)68-54-30-43(69-57(65)23-37-14-15-39-24-42(62)28-45(44(39)22-37)38-13-7-11-36(21-38)12-8-20-59)29-48-46-32-56(67-3)52(63)26-40(46)16-17-49(48)58(19-18-35-9-5-4-6-10-35)50(54)25-41-27-55(66-2)53(64)31-47(41)51(58)33-60/h4-7,9-11,13-15,18-19,21-22,24,26-28,31-32,43,48-51,54,59-60,62-64H,8,12,16-17,20,23,25,29-30,33H2,1-3H3. The van der Waals surface area contributed by atoms with Gasteiger partial charge in [0.05, 0.1) is 27.2 Å². The van der Waals surface area contributed by atoms with E-state index in [0.717, 1.165) is 60.8 Å². The Bertz CT molecular complexity index is 2890. The first-order chi connectivity index (χ1) is 33.4. The minimum Gasteiger partial charge on any atom is -0.508 e. The van der Waals surface area contributed by atoms with Crippen molar-refractivity contribution < 1.29 is 54.1 Å². The Labute approximate surface area is 402 Å². The lowest BCUT2D eigenvalue weighted by molar-refractivity contribution is -0.166. The number of phenolic OH excluding ortho intramolecular Hbond substituents is 3. The first kappa shape index (κ1) is 47.3. The SMILES string of the molecule is COc1cc2c(cc1O)C(CO)C1(C=Cc3ccccc3)C(C2)C(OC(C)=O)CC(OC(=O)Cc2ccc3cc(O)cc(-c4cccc(CCCO)c4)c3c2)CC2c3cc(OC)c(O)cc3CCC21. The molecule has 0 bridgehead atoms. The third-order valence-corrected chi connectivity index (χ3v) is 15.0. The van der Waals surface area contributed by atoms with E-state index in [-0.39, 0.29) is 55.1 Å². The number of rotatable bonds is 13. The fourth-order valence-corrected chi connectivity index (χ4v) is 12.2. The second-order valence-electron chi connectivity index (χ2n) is 19.0. The van der Waals surface area contributed by atoms with Gasteiger partial charge in [0.2, 0.25) is 0 Å². The summed E-state index contributed by atoms with van der Waals surface area (Å²) in [5, 5.41) is 56.0. The molecular weight excluding hydrogens is 873 g/mol. The van der Waals surface area contributed by atoms with Crippen LogP contribution in [0.5, 0.6) is 28.7 Å². The molecule has 0 radical (unpaired) electrons. The van der Waals surface area contributed by atoms with Gasteiger partial charge in [0.15, 0.2) is 23.0 Å². The van der Waals surface area contributed by atoms with Gasteiger partial charge < -0.3 is 44.5 Å². The number of ether oxygens (including phenoxy) is 4. The summed E-state index contributed by atoms with van der Waals surface area (Å²) < 4.78 is 24.4. The second-order valence-corrected chi connectivity index (χ2v) is 19.0. The van der Waals surface area contributed by atoms with Gasteiger partial charge in [-0.05, 0) is 154 Å². The maximum absolute atomic E-state index is 14.5. The average molecular weight is 933 g/mol. The largest absolute Gasteiger partial charge is 0.508 e. The van der Waals surface area contributed by atoms with Crippen LogP contribution in [-0.4, -0.2) is 77.1 Å². The summed E-state index contributed by atoms with van der Waals surface area (Å²) in [5.41, 5.74) is 7.09. The van der Waals surface area contributed by atoms with Gasteiger partial charge in [-0.25, -0.2) is 0 Å². The molecule has 1 fully saturated rings. The van der Waals surface area contributed by atoms with E-state index in [1.165, 1.54) is 21.1 Å². The molecule has 358 valence electrons. The zero-order chi connectivity index (χ0) is 48.4. The van der Waals surface area contributed by atoms with Crippen molar-refractivity contribution in [1.82, 2.24) is 0 Å². The number of hydrogen-bond acceptors (Lipinski definition) is 11.